The third kappa shape index (κ3) is 4.53. The highest BCUT2D eigenvalue weighted by molar-refractivity contribution is 5.97. The van der Waals surface area contributed by atoms with Gasteiger partial charge in [0.05, 0.1) is 6.54 Å². The van der Waals surface area contributed by atoms with Crippen LogP contribution in [0.4, 0.5) is 8.78 Å². The highest BCUT2D eigenvalue weighted by Gasteiger charge is 2.12. The molecule has 0 aliphatic heterocycles. The molecule has 0 heterocycles. The number of halogens is 2. The molecule has 0 aromatic heterocycles. The second-order valence-corrected chi connectivity index (χ2v) is 4.97. The predicted molar refractivity (Wildman–Crippen MR) is 67.6 cm³/mol. The Labute approximate surface area is 107 Å². The average Bonchev–Trinajstić information content (AvgIpc) is 2.30. The Kier molecular flexibility index (Phi) is 5.41. The van der Waals surface area contributed by atoms with Crippen molar-refractivity contribution in [3.63, 3.8) is 0 Å². The van der Waals surface area contributed by atoms with Gasteiger partial charge in [-0.1, -0.05) is 13.8 Å². The summed E-state index contributed by atoms with van der Waals surface area (Å²) in [6, 6.07) is 3.25. The van der Waals surface area contributed by atoms with E-state index in [9.17, 15) is 13.6 Å². The van der Waals surface area contributed by atoms with E-state index in [1.54, 1.807) is 0 Å². The Morgan fingerprint density at radius 1 is 1.28 bits per heavy atom. The van der Waals surface area contributed by atoms with Crippen LogP contribution in [-0.2, 0) is 0 Å². The van der Waals surface area contributed by atoms with Gasteiger partial charge in [0.2, 0.25) is 0 Å². The Bertz CT molecular complexity index is 418. The van der Waals surface area contributed by atoms with E-state index >= 15 is 0 Å². The molecule has 0 spiro atoms. The molecule has 18 heavy (non-hydrogen) atoms. The van der Waals surface area contributed by atoms with E-state index < -0.39 is 11.6 Å². The smallest absolute Gasteiger partial charge is 0.176 e. The first kappa shape index (κ1) is 14.8. The molecule has 1 rings (SSSR count). The number of rotatable bonds is 6. The molecule has 0 fully saturated rings. The van der Waals surface area contributed by atoms with Crippen LogP contribution < -0.4 is 0 Å². The van der Waals surface area contributed by atoms with Crippen molar-refractivity contribution in [2.45, 2.75) is 20.3 Å². The van der Waals surface area contributed by atoms with Crippen LogP contribution in [0.2, 0.25) is 0 Å². The molecule has 0 saturated carbocycles. The van der Waals surface area contributed by atoms with Crippen LogP contribution >= 0.6 is 0 Å². The number of carbonyl (C=O) groups excluding carboxylic acids is 1. The van der Waals surface area contributed by atoms with Crippen LogP contribution in [0.1, 0.15) is 30.6 Å². The normalized spacial score (nSPS) is 11.3. The fraction of sp³-hybridized carbons (Fsp3) is 0.500. The van der Waals surface area contributed by atoms with Crippen molar-refractivity contribution in [3.8, 4) is 0 Å². The molecule has 0 aliphatic rings. The van der Waals surface area contributed by atoms with Crippen molar-refractivity contribution in [1.29, 1.82) is 0 Å². The monoisotopic (exact) mass is 255 g/mol. The van der Waals surface area contributed by atoms with Gasteiger partial charge in [-0.3, -0.25) is 9.69 Å². The van der Waals surface area contributed by atoms with Crippen molar-refractivity contribution in [2.24, 2.45) is 5.92 Å². The number of carbonyl (C=O) groups is 1. The predicted octanol–water partition coefficient (Wildman–Crippen LogP) is 3.13. The molecule has 4 heteroatoms. The summed E-state index contributed by atoms with van der Waals surface area (Å²) in [5.74, 6) is -1.53. The van der Waals surface area contributed by atoms with Gasteiger partial charge >= 0.3 is 0 Å². The highest BCUT2D eigenvalue weighted by atomic mass is 19.2. The van der Waals surface area contributed by atoms with Gasteiger partial charge in [-0.15, -0.1) is 0 Å². The molecule has 0 bridgehead atoms. The molecule has 100 valence electrons. The largest absolute Gasteiger partial charge is 0.299 e. The number of Topliss-reactive ketones (excluding diaryl/α,β-unsaturated/α-hetero) is 1. The number of likely N-dealkylation sites (N-methyl/N-ethyl adjacent to an activating group) is 1. The number of hydrogen-bond acceptors (Lipinski definition) is 2. The zero-order chi connectivity index (χ0) is 13.7. The number of benzene rings is 1. The number of nitrogens with zero attached hydrogens (tertiary/aromatic N) is 1. The van der Waals surface area contributed by atoms with Gasteiger partial charge in [0.25, 0.3) is 0 Å². The van der Waals surface area contributed by atoms with Gasteiger partial charge in [0.1, 0.15) is 0 Å². The van der Waals surface area contributed by atoms with Gasteiger partial charge in [0, 0.05) is 5.56 Å². The van der Waals surface area contributed by atoms with Crippen molar-refractivity contribution < 1.29 is 13.6 Å². The molecule has 0 N–H and O–H groups in total. The van der Waals surface area contributed by atoms with Crippen molar-refractivity contribution in [3.05, 3.63) is 35.4 Å². The third-order valence-electron chi connectivity index (χ3n) is 2.74. The average molecular weight is 255 g/mol. The summed E-state index contributed by atoms with van der Waals surface area (Å²) in [4.78, 5) is 13.7. The molecule has 1 aromatic rings. The fourth-order valence-electron chi connectivity index (χ4n) is 1.56. The molecule has 1 aromatic carbocycles. The minimum Gasteiger partial charge on any atom is -0.299 e. The zero-order valence-corrected chi connectivity index (χ0v) is 11.0. The molecule has 0 unspecified atom stereocenters. The SMILES string of the molecule is CC(C)CCN(C)CC(=O)c1ccc(F)c(F)c1. The fourth-order valence-corrected chi connectivity index (χ4v) is 1.56. The minimum absolute atomic E-state index is 0.194. The first-order valence-corrected chi connectivity index (χ1v) is 6.07. The first-order chi connectivity index (χ1) is 8.40. The van der Waals surface area contributed by atoms with E-state index in [0.29, 0.717) is 5.92 Å². The maximum atomic E-state index is 13.0. The second kappa shape index (κ2) is 6.59. The van der Waals surface area contributed by atoms with Crippen molar-refractivity contribution in [1.82, 2.24) is 4.90 Å². The quantitative estimate of drug-likeness (QED) is 0.728. The number of ketones is 1. The molecule has 0 saturated heterocycles. The summed E-state index contributed by atoms with van der Waals surface area (Å²) in [7, 11) is 1.85. The van der Waals surface area contributed by atoms with Crippen LogP contribution in [0.25, 0.3) is 0 Å². The van der Waals surface area contributed by atoms with Crippen LogP contribution in [0.15, 0.2) is 18.2 Å². The molecule has 2 nitrogen and oxygen atoms in total. The molecular formula is C14H19F2NO. The Morgan fingerprint density at radius 2 is 1.94 bits per heavy atom. The van der Waals surface area contributed by atoms with Crippen LogP contribution in [0.5, 0.6) is 0 Å². The molecular weight excluding hydrogens is 236 g/mol. The minimum atomic E-state index is -0.981. The lowest BCUT2D eigenvalue weighted by molar-refractivity contribution is 0.0943. The van der Waals surface area contributed by atoms with Crippen LogP contribution in [0, 0.1) is 17.6 Å². The van der Waals surface area contributed by atoms with Gasteiger partial charge in [-0.05, 0) is 44.1 Å². The summed E-state index contributed by atoms with van der Waals surface area (Å²) in [6.45, 7) is 5.26. The van der Waals surface area contributed by atoms with E-state index in [2.05, 4.69) is 13.8 Å². The standard InChI is InChI=1S/C14H19F2NO/c1-10(2)6-7-17(3)9-14(18)11-4-5-12(15)13(16)8-11/h4-5,8,10H,6-7,9H2,1-3H3. The highest BCUT2D eigenvalue weighted by Crippen LogP contribution is 2.10. The second-order valence-electron chi connectivity index (χ2n) is 4.97. The lowest BCUT2D eigenvalue weighted by atomic mass is 10.1. The van der Waals surface area contributed by atoms with Gasteiger partial charge in [-0.25, -0.2) is 8.78 Å². The van der Waals surface area contributed by atoms with Crippen molar-refractivity contribution in [2.75, 3.05) is 20.1 Å². The maximum Gasteiger partial charge on any atom is 0.176 e. The Balaban J connectivity index is 2.56. The molecule has 0 aliphatic carbocycles. The van der Waals surface area contributed by atoms with Crippen LogP contribution in [0.3, 0.4) is 0 Å². The first-order valence-electron chi connectivity index (χ1n) is 6.07. The van der Waals surface area contributed by atoms with E-state index in [1.165, 1.54) is 6.07 Å². The van der Waals surface area contributed by atoms with Crippen LogP contribution in [-0.4, -0.2) is 30.8 Å². The zero-order valence-electron chi connectivity index (χ0n) is 11.0. The van der Waals surface area contributed by atoms with Gasteiger partial charge in [-0.2, -0.15) is 0 Å². The Hall–Kier alpha value is -1.29. The van der Waals surface area contributed by atoms with Crippen molar-refractivity contribution >= 4 is 5.78 Å². The number of hydrogen-bond donors (Lipinski definition) is 0. The molecule has 0 amide bonds. The lowest BCUT2D eigenvalue weighted by Gasteiger charge is -2.16. The summed E-state index contributed by atoms with van der Waals surface area (Å²) in [5, 5.41) is 0. The van der Waals surface area contributed by atoms with E-state index in [0.717, 1.165) is 25.1 Å². The molecule has 0 radical (unpaired) electrons. The van der Waals surface area contributed by atoms with E-state index in [4.69, 9.17) is 0 Å². The van der Waals surface area contributed by atoms with Gasteiger partial charge < -0.3 is 0 Å². The topological polar surface area (TPSA) is 20.3 Å². The molecule has 0 atom stereocenters. The summed E-state index contributed by atoms with van der Waals surface area (Å²) >= 11 is 0. The van der Waals surface area contributed by atoms with E-state index in [-0.39, 0.29) is 17.9 Å². The summed E-state index contributed by atoms with van der Waals surface area (Å²) in [5.41, 5.74) is 0.213. The lowest BCUT2D eigenvalue weighted by Crippen LogP contribution is -2.27. The van der Waals surface area contributed by atoms with Gasteiger partial charge in [0.15, 0.2) is 17.4 Å². The summed E-state index contributed by atoms with van der Waals surface area (Å²) < 4.78 is 25.7. The third-order valence-corrected chi connectivity index (χ3v) is 2.74. The Morgan fingerprint density at radius 3 is 2.50 bits per heavy atom. The maximum absolute atomic E-state index is 13.0. The van der Waals surface area contributed by atoms with E-state index in [1.807, 2.05) is 11.9 Å². The summed E-state index contributed by atoms with van der Waals surface area (Å²) in [6.07, 6.45) is 1.00.